The van der Waals surface area contributed by atoms with Crippen LogP contribution in [0.2, 0.25) is 0 Å². The van der Waals surface area contributed by atoms with Crippen LogP contribution in [-0.2, 0) is 4.79 Å². The number of aromatic hydroxyl groups is 1. The monoisotopic (exact) mass is 343 g/mol. The third-order valence-electron chi connectivity index (χ3n) is 3.05. The van der Waals surface area contributed by atoms with Gasteiger partial charge in [0.05, 0.1) is 6.21 Å². The van der Waals surface area contributed by atoms with Crippen molar-refractivity contribution in [1.29, 1.82) is 0 Å². The summed E-state index contributed by atoms with van der Waals surface area (Å²) in [6.45, 7) is 0. The number of nitrogens with one attached hydrogen (secondary N) is 2. The van der Waals surface area contributed by atoms with Gasteiger partial charge in [0, 0.05) is 17.2 Å². The number of hydroxylamine groups is 1. The zero-order valence-corrected chi connectivity index (χ0v) is 12.8. The second kappa shape index (κ2) is 8.37. The largest absolute Gasteiger partial charge is 0.507 e. The zero-order valence-electron chi connectivity index (χ0n) is 12.8. The van der Waals surface area contributed by atoms with E-state index in [1.165, 1.54) is 29.8 Å². The van der Waals surface area contributed by atoms with Gasteiger partial charge in [-0.3, -0.25) is 14.8 Å². The molecule has 0 radical (unpaired) electrons. The Morgan fingerprint density at radius 2 is 1.96 bits per heavy atom. The number of hydrogen-bond donors (Lipinski definition) is 4. The van der Waals surface area contributed by atoms with Crippen molar-refractivity contribution >= 4 is 24.1 Å². The van der Waals surface area contributed by atoms with Crippen molar-refractivity contribution in [3.8, 4) is 5.75 Å². The number of halogens is 1. The van der Waals surface area contributed by atoms with Gasteiger partial charge >= 0.3 is 0 Å². The molecule has 0 aliphatic heterocycles. The Balaban J connectivity index is 2.06. The minimum atomic E-state index is -0.700. The summed E-state index contributed by atoms with van der Waals surface area (Å²) in [5.74, 6) is -1.95. The van der Waals surface area contributed by atoms with E-state index in [2.05, 4.69) is 10.5 Å². The minimum Gasteiger partial charge on any atom is -0.507 e. The third kappa shape index (κ3) is 5.26. The molecule has 0 aromatic heterocycles. The first-order chi connectivity index (χ1) is 12.0. The summed E-state index contributed by atoms with van der Waals surface area (Å²) in [4.78, 5) is 23.0. The SMILES string of the molecule is O=C(/C=C/c1cccc(C(=O)N/N=C/c2cc(F)ccc2O)c1)NO. The predicted molar refractivity (Wildman–Crippen MR) is 88.5 cm³/mol. The Hall–Kier alpha value is -3.52. The summed E-state index contributed by atoms with van der Waals surface area (Å²) in [7, 11) is 0. The maximum Gasteiger partial charge on any atom is 0.271 e. The molecule has 0 atom stereocenters. The molecule has 7 nitrogen and oxygen atoms in total. The Morgan fingerprint density at radius 3 is 2.72 bits per heavy atom. The topological polar surface area (TPSA) is 111 Å². The van der Waals surface area contributed by atoms with Crippen LogP contribution in [-0.4, -0.2) is 28.3 Å². The van der Waals surface area contributed by atoms with Gasteiger partial charge in [0.1, 0.15) is 11.6 Å². The van der Waals surface area contributed by atoms with Crippen LogP contribution in [0.4, 0.5) is 4.39 Å². The molecule has 0 saturated heterocycles. The third-order valence-corrected chi connectivity index (χ3v) is 3.05. The van der Waals surface area contributed by atoms with E-state index >= 15 is 0 Å². The van der Waals surface area contributed by atoms with Crippen molar-refractivity contribution in [2.45, 2.75) is 0 Å². The number of carbonyl (C=O) groups excluding carboxylic acids is 2. The van der Waals surface area contributed by atoms with Gasteiger partial charge < -0.3 is 5.11 Å². The van der Waals surface area contributed by atoms with E-state index in [-0.39, 0.29) is 16.9 Å². The molecule has 4 N–H and O–H groups in total. The summed E-state index contributed by atoms with van der Waals surface area (Å²) in [6.07, 6.45) is 3.63. The average molecular weight is 343 g/mol. The van der Waals surface area contributed by atoms with Crippen molar-refractivity contribution in [3.05, 3.63) is 71.0 Å². The van der Waals surface area contributed by atoms with Crippen LogP contribution in [0.3, 0.4) is 0 Å². The van der Waals surface area contributed by atoms with E-state index < -0.39 is 17.6 Å². The Morgan fingerprint density at radius 1 is 1.16 bits per heavy atom. The highest BCUT2D eigenvalue weighted by atomic mass is 19.1. The van der Waals surface area contributed by atoms with Crippen LogP contribution >= 0.6 is 0 Å². The van der Waals surface area contributed by atoms with E-state index in [0.29, 0.717) is 5.56 Å². The van der Waals surface area contributed by atoms with E-state index in [1.54, 1.807) is 12.1 Å². The summed E-state index contributed by atoms with van der Waals surface area (Å²) in [5.41, 5.74) is 4.65. The first-order valence-electron chi connectivity index (χ1n) is 7.04. The molecule has 0 saturated carbocycles. The van der Waals surface area contributed by atoms with Crippen LogP contribution in [0, 0.1) is 5.82 Å². The number of carbonyl (C=O) groups is 2. The number of nitrogens with zero attached hydrogens (tertiary/aromatic N) is 1. The molecule has 0 heterocycles. The predicted octanol–water partition coefficient (Wildman–Crippen LogP) is 1.81. The van der Waals surface area contributed by atoms with Crippen molar-refractivity contribution < 1.29 is 24.3 Å². The van der Waals surface area contributed by atoms with Crippen molar-refractivity contribution in [3.63, 3.8) is 0 Å². The molecule has 8 heteroatoms. The van der Waals surface area contributed by atoms with Gasteiger partial charge in [-0.1, -0.05) is 12.1 Å². The lowest BCUT2D eigenvalue weighted by atomic mass is 10.1. The van der Waals surface area contributed by atoms with Gasteiger partial charge in [-0.05, 0) is 42.0 Å². The van der Waals surface area contributed by atoms with Gasteiger partial charge in [0.15, 0.2) is 0 Å². The minimum absolute atomic E-state index is 0.118. The number of benzene rings is 2. The fourth-order valence-electron chi connectivity index (χ4n) is 1.85. The van der Waals surface area contributed by atoms with Crippen molar-refractivity contribution in [2.75, 3.05) is 0 Å². The number of hydrogen-bond acceptors (Lipinski definition) is 5. The van der Waals surface area contributed by atoms with Gasteiger partial charge in [0.25, 0.3) is 11.8 Å². The lowest BCUT2D eigenvalue weighted by Gasteiger charge is -2.02. The van der Waals surface area contributed by atoms with Gasteiger partial charge in [-0.2, -0.15) is 5.10 Å². The molecule has 128 valence electrons. The van der Waals surface area contributed by atoms with E-state index in [9.17, 15) is 19.1 Å². The molecule has 25 heavy (non-hydrogen) atoms. The van der Waals surface area contributed by atoms with E-state index in [1.807, 2.05) is 0 Å². The van der Waals surface area contributed by atoms with Crippen LogP contribution in [0.25, 0.3) is 6.08 Å². The normalized spacial score (nSPS) is 11.0. The molecular formula is C17H14FN3O4. The highest BCUT2D eigenvalue weighted by molar-refractivity contribution is 5.96. The summed E-state index contributed by atoms with van der Waals surface area (Å²) in [6, 6.07) is 9.65. The molecule has 2 aromatic carbocycles. The number of phenolic OH excluding ortho intramolecular Hbond substituents is 1. The summed E-state index contributed by atoms with van der Waals surface area (Å²) >= 11 is 0. The maximum absolute atomic E-state index is 13.1. The highest BCUT2D eigenvalue weighted by Crippen LogP contribution is 2.15. The van der Waals surface area contributed by atoms with Crippen molar-refractivity contribution in [1.82, 2.24) is 10.9 Å². The second-order valence-electron chi connectivity index (χ2n) is 4.84. The molecule has 0 unspecified atom stereocenters. The number of hydrazone groups is 1. The molecular weight excluding hydrogens is 329 g/mol. The maximum atomic E-state index is 13.1. The van der Waals surface area contributed by atoms with E-state index in [4.69, 9.17) is 5.21 Å². The molecule has 0 bridgehead atoms. The van der Waals surface area contributed by atoms with Crippen LogP contribution in [0.1, 0.15) is 21.5 Å². The van der Waals surface area contributed by atoms with Gasteiger partial charge in [-0.25, -0.2) is 15.3 Å². The number of amides is 2. The fraction of sp³-hybridized carbons (Fsp3) is 0. The molecule has 2 rings (SSSR count). The molecule has 0 aliphatic carbocycles. The Bertz CT molecular complexity index is 850. The van der Waals surface area contributed by atoms with Crippen molar-refractivity contribution in [2.24, 2.45) is 5.10 Å². The second-order valence-corrected chi connectivity index (χ2v) is 4.84. The molecule has 0 spiro atoms. The average Bonchev–Trinajstić information content (AvgIpc) is 2.62. The highest BCUT2D eigenvalue weighted by Gasteiger charge is 2.05. The Labute approximate surface area is 142 Å². The smallest absolute Gasteiger partial charge is 0.271 e. The molecule has 0 aliphatic rings. The molecule has 2 aromatic rings. The zero-order chi connectivity index (χ0) is 18.2. The summed E-state index contributed by atoms with van der Waals surface area (Å²) in [5, 5.41) is 21.6. The van der Waals surface area contributed by atoms with E-state index in [0.717, 1.165) is 24.4 Å². The summed E-state index contributed by atoms with van der Waals surface area (Å²) < 4.78 is 13.1. The first-order valence-corrected chi connectivity index (χ1v) is 7.04. The number of rotatable bonds is 5. The lowest BCUT2D eigenvalue weighted by Crippen LogP contribution is -2.17. The molecule has 0 fully saturated rings. The molecule has 2 amide bonds. The lowest BCUT2D eigenvalue weighted by molar-refractivity contribution is -0.124. The quantitative estimate of drug-likeness (QED) is 0.287. The first kappa shape index (κ1) is 17.8. The fourth-order valence-corrected chi connectivity index (χ4v) is 1.85. The van der Waals surface area contributed by atoms with Crippen LogP contribution in [0.5, 0.6) is 5.75 Å². The van der Waals surface area contributed by atoms with Crippen LogP contribution in [0.15, 0.2) is 53.6 Å². The number of phenols is 1. The standard InChI is InChI=1S/C17H14FN3O4/c18-14-5-6-15(22)13(9-14)10-19-20-17(24)12-3-1-2-11(8-12)4-7-16(23)21-25/h1-10,22,25H,(H,20,24)(H,21,23)/b7-4+,19-10+. The van der Waals surface area contributed by atoms with Crippen LogP contribution < -0.4 is 10.9 Å². The van der Waals surface area contributed by atoms with Gasteiger partial charge in [0.2, 0.25) is 0 Å². The Kier molecular flexibility index (Phi) is 5.97. The van der Waals surface area contributed by atoms with Gasteiger partial charge in [-0.15, -0.1) is 0 Å².